The number of ether oxygens (including phenoxy) is 1. The molecule has 1 aliphatic carbocycles. The standard InChI is InChI=1S/C7H15NO3S/c1-2-11-7(4-3-5-7)6-12(8,9)10/h2-6H2,1H3,(H2,8,9,10). The molecule has 0 aromatic rings. The number of primary sulfonamides is 1. The Bertz CT molecular complexity index is 243. The maximum Gasteiger partial charge on any atom is 0.211 e. The third-order valence-electron chi connectivity index (χ3n) is 2.18. The number of nitrogens with two attached hydrogens (primary N) is 1. The monoisotopic (exact) mass is 193 g/mol. The third kappa shape index (κ3) is 2.43. The smallest absolute Gasteiger partial charge is 0.211 e. The molecule has 0 unspecified atom stereocenters. The van der Waals surface area contributed by atoms with Gasteiger partial charge in [-0.05, 0) is 26.2 Å². The highest BCUT2D eigenvalue weighted by atomic mass is 32.2. The second kappa shape index (κ2) is 3.32. The normalized spacial score (nSPS) is 21.8. The molecule has 0 heterocycles. The van der Waals surface area contributed by atoms with E-state index in [9.17, 15) is 8.42 Å². The summed E-state index contributed by atoms with van der Waals surface area (Å²) in [5.41, 5.74) is -0.456. The molecule has 0 amide bonds. The predicted molar refractivity (Wildman–Crippen MR) is 46.2 cm³/mol. The Morgan fingerprint density at radius 1 is 1.50 bits per heavy atom. The van der Waals surface area contributed by atoms with Crippen LogP contribution in [0.15, 0.2) is 0 Å². The topological polar surface area (TPSA) is 69.4 Å². The van der Waals surface area contributed by atoms with Gasteiger partial charge in [-0.3, -0.25) is 0 Å². The van der Waals surface area contributed by atoms with Gasteiger partial charge in [-0.2, -0.15) is 0 Å². The zero-order valence-corrected chi connectivity index (χ0v) is 8.06. The van der Waals surface area contributed by atoms with Gasteiger partial charge in [0.1, 0.15) is 0 Å². The van der Waals surface area contributed by atoms with Crippen LogP contribution in [0.5, 0.6) is 0 Å². The van der Waals surface area contributed by atoms with Gasteiger partial charge in [-0.15, -0.1) is 0 Å². The molecule has 5 heteroatoms. The summed E-state index contributed by atoms with van der Waals surface area (Å²) in [5, 5.41) is 4.95. The van der Waals surface area contributed by atoms with Gasteiger partial charge in [0.25, 0.3) is 0 Å². The van der Waals surface area contributed by atoms with Gasteiger partial charge in [0, 0.05) is 6.61 Å². The lowest BCUT2D eigenvalue weighted by Crippen LogP contribution is -2.47. The Morgan fingerprint density at radius 2 is 2.08 bits per heavy atom. The molecule has 2 N–H and O–H groups in total. The Hall–Kier alpha value is -0.130. The molecule has 0 radical (unpaired) electrons. The Morgan fingerprint density at radius 3 is 2.33 bits per heavy atom. The van der Waals surface area contributed by atoms with E-state index in [1.165, 1.54) is 0 Å². The Balaban J connectivity index is 2.56. The molecule has 0 aliphatic heterocycles. The van der Waals surface area contributed by atoms with E-state index in [1.54, 1.807) is 0 Å². The van der Waals surface area contributed by atoms with Gasteiger partial charge in [0.2, 0.25) is 10.0 Å². The van der Waals surface area contributed by atoms with Gasteiger partial charge in [0.15, 0.2) is 0 Å². The summed E-state index contributed by atoms with van der Waals surface area (Å²) in [6.45, 7) is 2.42. The lowest BCUT2D eigenvalue weighted by molar-refractivity contribution is -0.0769. The van der Waals surface area contributed by atoms with Crippen molar-refractivity contribution >= 4 is 10.0 Å². The fourth-order valence-corrected chi connectivity index (χ4v) is 2.68. The van der Waals surface area contributed by atoms with Gasteiger partial charge in [-0.25, -0.2) is 13.6 Å². The minimum atomic E-state index is -3.39. The average molecular weight is 193 g/mol. The van der Waals surface area contributed by atoms with Gasteiger partial charge in [0.05, 0.1) is 11.4 Å². The first kappa shape index (κ1) is 9.95. The minimum Gasteiger partial charge on any atom is -0.374 e. The number of rotatable bonds is 4. The summed E-state index contributed by atoms with van der Waals surface area (Å²) in [6.07, 6.45) is 2.67. The predicted octanol–water partition coefficient (Wildman–Crippen LogP) is 0.234. The largest absolute Gasteiger partial charge is 0.374 e. The van der Waals surface area contributed by atoms with Crippen molar-refractivity contribution in [3.63, 3.8) is 0 Å². The van der Waals surface area contributed by atoms with Crippen LogP contribution < -0.4 is 5.14 Å². The van der Waals surface area contributed by atoms with Crippen molar-refractivity contribution in [1.29, 1.82) is 0 Å². The lowest BCUT2D eigenvalue weighted by Gasteiger charge is -2.40. The first-order chi connectivity index (χ1) is 5.47. The molecule has 0 spiro atoms. The average Bonchev–Trinajstić information content (AvgIpc) is 1.80. The van der Waals surface area contributed by atoms with Crippen molar-refractivity contribution in [2.45, 2.75) is 31.8 Å². The summed E-state index contributed by atoms with van der Waals surface area (Å²) in [4.78, 5) is 0. The quantitative estimate of drug-likeness (QED) is 0.695. The highest BCUT2D eigenvalue weighted by Crippen LogP contribution is 2.36. The van der Waals surface area contributed by atoms with Crippen LogP contribution in [0.1, 0.15) is 26.2 Å². The van der Waals surface area contributed by atoms with Crippen LogP contribution >= 0.6 is 0 Å². The molecule has 1 aliphatic rings. The molecule has 4 nitrogen and oxygen atoms in total. The maximum atomic E-state index is 10.8. The van der Waals surface area contributed by atoms with E-state index in [2.05, 4.69) is 0 Å². The van der Waals surface area contributed by atoms with E-state index in [0.717, 1.165) is 19.3 Å². The summed E-state index contributed by atoms with van der Waals surface area (Å²) in [7, 11) is -3.39. The molecule has 0 aromatic carbocycles. The summed E-state index contributed by atoms with van der Waals surface area (Å²) in [5.74, 6) is -0.0339. The molecule has 1 saturated carbocycles. The molecular weight excluding hydrogens is 178 g/mol. The summed E-state index contributed by atoms with van der Waals surface area (Å²) < 4.78 is 27.0. The van der Waals surface area contributed by atoms with Crippen LogP contribution in [-0.4, -0.2) is 26.4 Å². The molecular formula is C7H15NO3S. The zero-order valence-electron chi connectivity index (χ0n) is 7.25. The van der Waals surface area contributed by atoms with Crippen molar-refractivity contribution in [2.75, 3.05) is 12.4 Å². The number of sulfonamides is 1. The fourth-order valence-electron chi connectivity index (χ4n) is 1.57. The first-order valence-electron chi connectivity index (χ1n) is 4.12. The van der Waals surface area contributed by atoms with Crippen molar-refractivity contribution in [3.05, 3.63) is 0 Å². The van der Waals surface area contributed by atoms with Crippen LogP contribution in [0.25, 0.3) is 0 Å². The summed E-state index contributed by atoms with van der Waals surface area (Å²) >= 11 is 0. The fraction of sp³-hybridized carbons (Fsp3) is 1.00. The van der Waals surface area contributed by atoms with Crippen molar-refractivity contribution in [2.24, 2.45) is 5.14 Å². The molecule has 1 fully saturated rings. The van der Waals surface area contributed by atoms with Crippen LogP contribution in [0.4, 0.5) is 0 Å². The van der Waals surface area contributed by atoms with E-state index in [-0.39, 0.29) is 5.75 Å². The molecule has 0 aromatic heterocycles. The molecule has 12 heavy (non-hydrogen) atoms. The zero-order chi connectivity index (χ0) is 9.24. The highest BCUT2D eigenvalue weighted by Gasteiger charge is 2.40. The molecule has 0 saturated heterocycles. The lowest BCUT2D eigenvalue weighted by atomic mass is 9.82. The summed E-state index contributed by atoms with van der Waals surface area (Å²) in [6, 6.07) is 0. The first-order valence-corrected chi connectivity index (χ1v) is 5.83. The second-order valence-corrected chi connectivity index (χ2v) is 4.89. The number of hydrogen-bond donors (Lipinski definition) is 1. The van der Waals surface area contributed by atoms with Crippen LogP contribution in [0.3, 0.4) is 0 Å². The van der Waals surface area contributed by atoms with Crippen molar-refractivity contribution in [1.82, 2.24) is 0 Å². The second-order valence-electron chi connectivity index (χ2n) is 3.28. The van der Waals surface area contributed by atoms with Gasteiger partial charge >= 0.3 is 0 Å². The van der Waals surface area contributed by atoms with Gasteiger partial charge in [-0.1, -0.05) is 0 Å². The Kier molecular flexibility index (Phi) is 2.75. The number of hydrogen-bond acceptors (Lipinski definition) is 3. The van der Waals surface area contributed by atoms with E-state index < -0.39 is 15.6 Å². The van der Waals surface area contributed by atoms with Gasteiger partial charge < -0.3 is 4.74 Å². The molecule has 1 rings (SSSR count). The Labute approximate surface area is 73.1 Å². The van der Waals surface area contributed by atoms with Crippen molar-refractivity contribution in [3.8, 4) is 0 Å². The minimum absolute atomic E-state index is 0.0339. The third-order valence-corrected chi connectivity index (χ3v) is 3.11. The molecule has 0 bridgehead atoms. The van der Waals surface area contributed by atoms with Crippen molar-refractivity contribution < 1.29 is 13.2 Å². The SMILES string of the molecule is CCOC1(CS(N)(=O)=O)CCC1. The molecule has 0 atom stereocenters. The van der Waals surface area contributed by atoms with Crippen LogP contribution in [0, 0.1) is 0 Å². The van der Waals surface area contributed by atoms with Crippen LogP contribution in [0.2, 0.25) is 0 Å². The maximum absolute atomic E-state index is 10.8. The van der Waals surface area contributed by atoms with Crippen LogP contribution in [-0.2, 0) is 14.8 Å². The van der Waals surface area contributed by atoms with E-state index in [0.29, 0.717) is 6.61 Å². The highest BCUT2D eigenvalue weighted by molar-refractivity contribution is 7.89. The van der Waals surface area contributed by atoms with E-state index in [1.807, 2.05) is 6.92 Å². The van der Waals surface area contributed by atoms with E-state index in [4.69, 9.17) is 9.88 Å². The van der Waals surface area contributed by atoms with E-state index >= 15 is 0 Å². The molecule has 72 valence electrons.